The highest BCUT2D eigenvalue weighted by Gasteiger charge is 2.36. The lowest BCUT2D eigenvalue weighted by molar-refractivity contribution is -0.141. The second-order valence-electron chi connectivity index (χ2n) is 2.32. The van der Waals surface area contributed by atoms with Crippen molar-refractivity contribution in [1.82, 2.24) is 4.98 Å². The Balaban J connectivity index is 3.37. The van der Waals surface area contributed by atoms with Gasteiger partial charge in [-0.15, -0.1) is 0 Å². The van der Waals surface area contributed by atoms with E-state index in [1.54, 1.807) is 22.6 Å². The van der Waals surface area contributed by atoms with Gasteiger partial charge in [-0.2, -0.15) is 13.2 Å². The van der Waals surface area contributed by atoms with Crippen molar-refractivity contribution in [2.45, 2.75) is 6.18 Å². The Bertz CT molecular complexity index is 380. The normalized spacial score (nSPS) is 11.5. The Kier molecular flexibility index (Phi) is 3.36. The van der Waals surface area contributed by atoms with Crippen LogP contribution in [0.2, 0.25) is 0 Å². The third-order valence-corrected chi connectivity index (χ3v) is 2.13. The summed E-state index contributed by atoms with van der Waals surface area (Å²) in [6.45, 7) is 0. The molecule has 0 bridgehead atoms. The molecule has 0 aliphatic heterocycles. The monoisotopic (exact) mass is 335 g/mol. The van der Waals surface area contributed by atoms with Crippen LogP contribution in [-0.4, -0.2) is 10.2 Å². The van der Waals surface area contributed by atoms with E-state index in [2.05, 4.69) is 4.98 Å². The van der Waals surface area contributed by atoms with Gasteiger partial charge in [0.1, 0.15) is 0 Å². The summed E-state index contributed by atoms with van der Waals surface area (Å²) in [5, 5.41) is -1.16. The van der Waals surface area contributed by atoms with Crippen LogP contribution in [0.3, 0.4) is 0 Å². The standard InChI is InChI=1S/C7H2ClF3INO/c8-6(14)4-1-3(12)2-13-5(4)7(9,10)11/h1-2H. The van der Waals surface area contributed by atoms with Gasteiger partial charge >= 0.3 is 6.18 Å². The van der Waals surface area contributed by atoms with Crippen molar-refractivity contribution >= 4 is 39.4 Å². The molecular weight excluding hydrogens is 333 g/mol. The molecule has 0 saturated heterocycles. The van der Waals surface area contributed by atoms with Crippen LogP contribution in [0, 0.1) is 3.57 Å². The van der Waals surface area contributed by atoms with Crippen LogP contribution in [0.1, 0.15) is 16.1 Å². The first-order valence-corrected chi connectivity index (χ1v) is 4.70. The first-order chi connectivity index (χ1) is 6.32. The number of halogens is 5. The fraction of sp³-hybridized carbons (Fsp3) is 0.143. The molecule has 14 heavy (non-hydrogen) atoms. The molecule has 1 aromatic rings. The number of carbonyl (C=O) groups is 1. The molecule has 0 N–H and O–H groups in total. The van der Waals surface area contributed by atoms with Crippen molar-refractivity contribution in [1.29, 1.82) is 0 Å². The minimum atomic E-state index is -4.66. The molecule has 2 nitrogen and oxygen atoms in total. The van der Waals surface area contributed by atoms with Gasteiger partial charge < -0.3 is 0 Å². The van der Waals surface area contributed by atoms with E-state index in [0.29, 0.717) is 3.57 Å². The third kappa shape index (κ3) is 2.57. The molecule has 1 rings (SSSR count). The molecule has 0 unspecified atom stereocenters. The molecule has 1 heterocycles. The molecule has 76 valence electrons. The summed E-state index contributed by atoms with van der Waals surface area (Å²) in [7, 11) is 0. The zero-order valence-corrected chi connectivity index (χ0v) is 9.31. The van der Waals surface area contributed by atoms with Crippen LogP contribution in [0.25, 0.3) is 0 Å². The van der Waals surface area contributed by atoms with Crippen molar-refractivity contribution < 1.29 is 18.0 Å². The van der Waals surface area contributed by atoms with Crippen LogP contribution in [0.15, 0.2) is 12.3 Å². The molecule has 7 heteroatoms. The van der Waals surface area contributed by atoms with Crippen LogP contribution in [0.5, 0.6) is 0 Å². The van der Waals surface area contributed by atoms with Gasteiger partial charge in [-0.1, -0.05) is 0 Å². The van der Waals surface area contributed by atoms with E-state index >= 15 is 0 Å². The molecular formula is C7H2ClF3INO. The van der Waals surface area contributed by atoms with Gasteiger partial charge in [0.15, 0.2) is 5.69 Å². The number of carbonyl (C=O) groups excluding carboxylic acids is 1. The van der Waals surface area contributed by atoms with Gasteiger partial charge in [-0.05, 0) is 40.3 Å². The summed E-state index contributed by atoms with van der Waals surface area (Å²) in [6.07, 6.45) is -3.64. The molecule has 1 aromatic heterocycles. The summed E-state index contributed by atoms with van der Waals surface area (Å²) >= 11 is 6.75. The van der Waals surface area contributed by atoms with E-state index in [1.807, 2.05) is 0 Å². The van der Waals surface area contributed by atoms with Crippen LogP contribution in [0.4, 0.5) is 13.2 Å². The lowest BCUT2D eigenvalue weighted by Crippen LogP contribution is -2.13. The van der Waals surface area contributed by atoms with Gasteiger partial charge in [-0.3, -0.25) is 4.79 Å². The first kappa shape index (κ1) is 11.7. The van der Waals surface area contributed by atoms with E-state index < -0.39 is 22.7 Å². The Morgan fingerprint density at radius 3 is 2.50 bits per heavy atom. The Morgan fingerprint density at radius 1 is 1.50 bits per heavy atom. The van der Waals surface area contributed by atoms with Gasteiger partial charge in [-0.25, -0.2) is 4.98 Å². The van der Waals surface area contributed by atoms with E-state index in [9.17, 15) is 18.0 Å². The van der Waals surface area contributed by atoms with Crippen LogP contribution >= 0.6 is 34.2 Å². The summed E-state index contributed by atoms with van der Waals surface area (Å²) in [6, 6.07) is 1.05. The quantitative estimate of drug-likeness (QED) is 0.583. The summed E-state index contributed by atoms with van der Waals surface area (Å²) in [4.78, 5) is 13.8. The highest BCUT2D eigenvalue weighted by molar-refractivity contribution is 14.1. The first-order valence-electron chi connectivity index (χ1n) is 3.25. The fourth-order valence-corrected chi connectivity index (χ4v) is 1.41. The maximum absolute atomic E-state index is 12.3. The van der Waals surface area contributed by atoms with Crippen molar-refractivity contribution in [3.63, 3.8) is 0 Å². The van der Waals surface area contributed by atoms with Gasteiger partial charge in [0, 0.05) is 9.77 Å². The van der Waals surface area contributed by atoms with Crippen molar-refractivity contribution in [2.75, 3.05) is 0 Å². The largest absolute Gasteiger partial charge is 0.434 e. The number of pyridine rings is 1. The summed E-state index contributed by atoms with van der Waals surface area (Å²) in [5.41, 5.74) is -1.87. The number of hydrogen-bond donors (Lipinski definition) is 0. The van der Waals surface area contributed by atoms with Crippen molar-refractivity contribution in [2.24, 2.45) is 0 Å². The number of rotatable bonds is 1. The number of alkyl halides is 3. The highest BCUT2D eigenvalue weighted by atomic mass is 127. The Labute approximate surface area is 95.6 Å². The maximum Gasteiger partial charge on any atom is 0.434 e. The topological polar surface area (TPSA) is 30.0 Å². The van der Waals surface area contributed by atoms with Gasteiger partial charge in [0.25, 0.3) is 5.24 Å². The molecule has 0 aromatic carbocycles. The molecule has 0 radical (unpaired) electrons. The fourth-order valence-electron chi connectivity index (χ4n) is 0.815. The van der Waals surface area contributed by atoms with E-state index in [4.69, 9.17) is 11.6 Å². The SMILES string of the molecule is O=C(Cl)c1cc(I)cnc1C(F)(F)F. The second kappa shape index (κ2) is 4.01. The maximum atomic E-state index is 12.3. The van der Waals surface area contributed by atoms with Crippen LogP contribution in [-0.2, 0) is 6.18 Å². The molecule has 0 fully saturated rings. The van der Waals surface area contributed by atoms with Gasteiger partial charge in [0.05, 0.1) is 5.56 Å². The molecule has 0 amide bonds. The molecule has 0 aliphatic rings. The minimum Gasteiger partial charge on any atom is -0.276 e. The lowest BCUT2D eigenvalue weighted by Gasteiger charge is -2.08. The van der Waals surface area contributed by atoms with Crippen LogP contribution < -0.4 is 0 Å². The highest BCUT2D eigenvalue weighted by Crippen LogP contribution is 2.31. The number of nitrogens with zero attached hydrogens (tertiary/aromatic N) is 1. The average Bonchev–Trinajstić information content (AvgIpc) is 2.01. The van der Waals surface area contributed by atoms with E-state index in [0.717, 1.165) is 12.3 Å². The lowest BCUT2D eigenvalue weighted by atomic mass is 10.2. The smallest absolute Gasteiger partial charge is 0.276 e. The van der Waals surface area contributed by atoms with Crippen molar-refractivity contribution in [3.05, 3.63) is 27.1 Å². The predicted octanol–water partition coefficient (Wildman–Crippen LogP) is 3.08. The summed E-state index contributed by atoms with van der Waals surface area (Å²) < 4.78 is 37.2. The predicted molar refractivity (Wildman–Crippen MR) is 52.1 cm³/mol. The van der Waals surface area contributed by atoms with Crippen molar-refractivity contribution in [3.8, 4) is 0 Å². The zero-order chi connectivity index (χ0) is 10.9. The van der Waals surface area contributed by atoms with E-state index in [1.165, 1.54) is 0 Å². The average molecular weight is 335 g/mol. The Hall–Kier alpha value is -0.370. The molecule has 0 saturated carbocycles. The molecule has 0 aliphatic carbocycles. The second-order valence-corrected chi connectivity index (χ2v) is 3.91. The minimum absolute atomic E-state index is 0.416. The zero-order valence-electron chi connectivity index (χ0n) is 6.40. The third-order valence-electron chi connectivity index (χ3n) is 1.33. The number of aromatic nitrogens is 1. The summed E-state index contributed by atoms with van der Waals surface area (Å²) in [5.74, 6) is 0. The van der Waals surface area contributed by atoms with E-state index in [-0.39, 0.29) is 0 Å². The molecule has 0 spiro atoms. The van der Waals surface area contributed by atoms with Gasteiger partial charge in [0.2, 0.25) is 0 Å². The number of hydrogen-bond acceptors (Lipinski definition) is 2. The Morgan fingerprint density at radius 2 is 2.07 bits per heavy atom. The molecule has 0 atom stereocenters.